The van der Waals surface area contributed by atoms with Crippen LogP contribution in [0.15, 0.2) is 70.1 Å². The van der Waals surface area contributed by atoms with E-state index in [9.17, 15) is 14.9 Å². The van der Waals surface area contributed by atoms with E-state index in [-0.39, 0.29) is 23.6 Å². The average molecular weight is 465 g/mol. The lowest BCUT2D eigenvalue weighted by atomic mass is 10.1. The van der Waals surface area contributed by atoms with Gasteiger partial charge in [-0.05, 0) is 48.9 Å². The van der Waals surface area contributed by atoms with Crippen molar-refractivity contribution >= 4 is 33.6 Å². The largest absolute Gasteiger partial charge is 0.438 e. The summed E-state index contributed by atoms with van der Waals surface area (Å²) in [6, 6.07) is 12.4. The van der Waals surface area contributed by atoms with Crippen molar-refractivity contribution in [1.82, 2.24) is 14.7 Å². The SMILES string of the molecule is C=CCNC(=O)C(C#N)=Cc1c(Oc2ccc(Br)cc2)nc2c(C)cccn2c1=O. The summed E-state index contributed by atoms with van der Waals surface area (Å²) in [5.74, 6) is -0.172. The van der Waals surface area contributed by atoms with E-state index >= 15 is 0 Å². The molecule has 0 atom stereocenters. The second-order valence-corrected chi connectivity index (χ2v) is 7.16. The maximum atomic E-state index is 13.2. The zero-order chi connectivity index (χ0) is 21.7. The average Bonchev–Trinajstić information content (AvgIpc) is 2.74. The second kappa shape index (κ2) is 9.20. The van der Waals surface area contributed by atoms with Crippen LogP contribution in [0.3, 0.4) is 0 Å². The third-order valence-corrected chi connectivity index (χ3v) is 4.67. The molecular formula is C22H17BrN4O3. The lowest BCUT2D eigenvalue weighted by Crippen LogP contribution is -2.25. The number of aromatic nitrogens is 2. The van der Waals surface area contributed by atoms with Crippen molar-refractivity contribution < 1.29 is 9.53 Å². The maximum absolute atomic E-state index is 13.2. The summed E-state index contributed by atoms with van der Waals surface area (Å²) in [5.41, 5.74) is 0.479. The minimum absolute atomic E-state index is 0.000827. The third-order valence-electron chi connectivity index (χ3n) is 4.14. The van der Waals surface area contributed by atoms with E-state index in [1.807, 2.05) is 19.1 Å². The van der Waals surface area contributed by atoms with Crippen molar-refractivity contribution in [2.45, 2.75) is 6.92 Å². The number of ether oxygens (including phenoxy) is 1. The van der Waals surface area contributed by atoms with Gasteiger partial charge in [0.1, 0.15) is 28.6 Å². The van der Waals surface area contributed by atoms with E-state index in [1.54, 1.807) is 36.5 Å². The minimum Gasteiger partial charge on any atom is -0.438 e. The molecule has 7 nitrogen and oxygen atoms in total. The van der Waals surface area contributed by atoms with Crippen molar-refractivity contribution in [1.29, 1.82) is 5.26 Å². The Bertz CT molecular complexity index is 1250. The highest BCUT2D eigenvalue weighted by molar-refractivity contribution is 9.10. The number of nitrogens with zero attached hydrogens (tertiary/aromatic N) is 3. The molecule has 0 bridgehead atoms. The predicted octanol–water partition coefficient (Wildman–Crippen LogP) is 3.77. The Hall–Kier alpha value is -3.70. The molecule has 1 N–H and O–H groups in total. The zero-order valence-corrected chi connectivity index (χ0v) is 17.6. The molecule has 0 aliphatic heterocycles. The topological polar surface area (TPSA) is 96.5 Å². The van der Waals surface area contributed by atoms with Gasteiger partial charge in [0.2, 0.25) is 5.88 Å². The Morgan fingerprint density at radius 1 is 1.37 bits per heavy atom. The molecule has 0 radical (unpaired) electrons. The van der Waals surface area contributed by atoms with E-state index in [0.717, 1.165) is 10.0 Å². The van der Waals surface area contributed by atoms with Gasteiger partial charge in [-0.3, -0.25) is 14.0 Å². The minimum atomic E-state index is -0.624. The molecule has 0 saturated carbocycles. The number of hydrogen-bond donors (Lipinski definition) is 1. The Balaban J connectivity index is 2.21. The van der Waals surface area contributed by atoms with Gasteiger partial charge in [-0.15, -0.1) is 6.58 Å². The lowest BCUT2D eigenvalue weighted by molar-refractivity contribution is -0.116. The monoisotopic (exact) mass is 464 g/mol. The van der Waals surface area contributed by atoms with Crippen LogP contribution in [0.1, 0.15) is 11.1 Å². The predicted molar refractivity (Wildman–Crippen MR) is 117 cm³/mol. The third kappa shape index (κ3) is 4.47. The first-order valence-corrected chi connectivity index (χ1v) is 9.70. The highest BCUT2D eigenvalue weighted by Crippen LogP contribution is 2.26. The smallest absolute Gasteiger partial charge is 0.269 e. The van der Waals surface area contributed by atoms with Crippen molar-refractivity contribution in [2.75, 3.05) is 6.54 Å². The fourth-order valence-corrected chi connectivity index (χ4v) is 2.93. The molecule has 2 aromatic heterocycles. The number of fused-ring (bicyclic) bond motifs is 1. The first-order valence-electron chi connectivity index (χ1n) is 8.91. The van der Waals surface area contributed by atoms with Crippen LogP contribution in [0.25, 0.3) is 11.7 Å². The van der Waals surface area contributed by atoms with Gasteiger partial charge in [0.05, 0.1) is 0 Å². The van der Waals surface area contributed by atoms with E-state index in [0.29, 0.717) is 11.4 Å². The van der Waals surface area contributed by atoms with Crippen LogP contribution in [-0.4, -0.2) is 21.8 Å². The Morgan fingerprint density at radius 2 is 2.10 bits per heavy atom. The lowest BCUT2D eigenvalue weighted by Gasteiger charge is -2.11. The number of halogens is 1. The normalized spacial score (nSPS) is 11.0. The molecule has 1 aromatic carbocycles. The number of benzene rings is 1. The van der Waals surface area contributed by atoms with Crippen molar-refractivity contribution in [3.63, 3.8) is 0 Å². The number of amides is 1. The van der Waals surface area contributed by atoms with Gasteiger partial charge >= 0.3 is 0 Å². The van der Waals surface area contributed by atoms with Gasteiger partial charge < -0.3 is 10.1 Å². The molecular weight excluding hydrogens is 448 g/mol. The first kappa shape index (κ1) is 21.0. The molecule has 0 aliphatic carbocycles. The fourth-order valence-electron chi connectivity index (χ4n) is 2.66. The number of aryl methyl sites for hydroxylation is 1. The Labute approximate surface area is 181 Å². The molecule has 2 heterocycles. The summed E-state index contributed by atoms with van der Waals surface area (Å²) in [5, 5.41) is 12.0. The number of carbonyl (C=O) groups is 1. The molecule has 1 amide bonds. The Morgan fingerprint density at radius 3 is 2.77 bits per heavy atom. The van der Waals surface area contributed by atoms with Gasteiger partial charge in [0.15, 0.2) is 0 Å². The standard InChI is InChI=1S/C22H17BrN4O3/c1-3-10-25-20(28)15(13-24)12-18-21(30-17-8-6-16(23)7-9-17)26-19-14(2)5-4-11-27(19)22(18)29/h3-9,11-12H,1,10H2,2H3,(H,25,28). The second-order valence-electron chi connectivity index (χ2n) is 6.25. The van der Waals surface area contributed by atoms with Gasteiger partial charge in [-0.1, -0.05) is 28.1 Å². The molecule has 3 aromatic rings. The number of rotatable bonds is 6. The summed E-state index contributed by atoms with van der Waals surface area (Å²) >= 11 is 3.36. The van der Waals surface area contributed by atoms with Crippen LogP contribution >= 0.6 is 15.9 Å². The van der Waals surface area contributed by atoms with Crippen molar-refractivity contribution in [3.05, 3.63) is 86.8 Å². The van der Waals surface area contributed by atoms with Crippen LogP contribution in [0.2, 0.25) is 0 Å². The molecule has 0 aliphatic rings. The van der Waals surface area contributed by atoms with Crippen LogP contribution < -0.4 is 15.6 Å². The molecule has 0 saturated heterocycles. The Kier molecular flexibility index (Phi) is 6.45. The van der Waals surface area contributed by atoms with E-state index < -0.39 is 11.5 Å². The molecule has 0 spiro atoms. The molecule has 8 heteroatoms. The number of hydrogen-bond acceptors (Lipinski definition) is 5. The van der Waals surface area contributed by atoms with Crippen LogP contribution in [-0.2, 0) is 4.79 Å². The highest BCUT2D eigenvalue weighted by atomic mass is 79.9. The molecule has 3 rings (SSSR count). The number of nitriles is 1. The van der Waals surface area contributed by atoms with Gasteiger partial charge in [-0.25, -0.2) is 0 Å². The zero-order valence-electron chi connectivity index (χ0n) is 16.1. The van der Waals surface area contributed by atoms with Crippen LogP contribution in [0.4, 0.5) is 0 Å². The van der Waals surface area contributed by atoms with E-state index in [2.05, 4.69) is 32.8 Å². The maximum Gasteiger partial charge on any atom is 0.269 e. The number of nitrogens with one attached hydrogen (secondary N) is 1. The molecule has 30 heavy (non-hydrogen) atoms. The van der Waals surface area contributed by atoms with Crippen molar-refractivity contribution in [2.24, 2.45) is 0 Å². The van der Waals surface area contributed by atoms with Crippen molar-refractivity contribution in [3.8, 4) is 17.7 Å². The molecule has 0 unspecified atom stereocenters. The summed E-state index contributed by atoms with van der Waals surface area (Å²) in [4.78, 5) is 29.9. The quantitative estimate of drug-likeness (QED) is 0.340. The molecule has 150 valence electrons. The van der Waals surface area contributed by atoms with E-state index in [4.69, 9.17) is 4.74 Å². The highest BCUT2D eigenvalue weighted by Gasteiger charge is 2.17. The van der Waals surface area contributed by atoms with Crippen LogP contribution in [0, 0.1) is 18.3 Å². The summed E-state index contributed by atoms with van der Waals surface area (Å²) < 4.78 is 8.08. The van der Waals surface area contributed by atoms with Gasteiger partial charge in [-0.2, -0.15) is 10.2 Å². The van der Waals surface area contributed by atoms with Gasteiger partial charge in [0, 0.05) is 17.2 Å². The fraction of sp³-hybridized carbons (Fsp3) is 0.0909. The number of carbonyl (C=O) groups excluding carboxylic acids is 1. The van der Waals surface area contributed by atoms with E-state index in [1.165, 1.54) is 16.6 Å². The van der Waals surface area contributed by atoms with Crippen LogP contribution in [0.5, 0.6) is 11.6 Å². The van der Waals surface area contributed by atoms with Gasteiger partial charge in [0.25, 0.3) is 11.5 Å². The first-order chi connectivity index (χ1) is 14.4. The summed E-state index contributed by atoms with van der Waals surface area (Å²) in [7, 11) is 0. The molecule has 0 fully saturated rings. The number of pyridine rings is 1. The summed E-state index contributed by atoms with van der Waals surface area (Å²) in [6.45, 7) is 5.53. The summed E-state index contributed by atoms with van der Waals surface area (Å²) in [6.07, 6.45) is 4.25.